The molecule has 0 radical (unpaired) electrons. The fraction of sp³-hybridized carbons (Fsp3) is 0.750. The van der Waals surface area contributed by atoms with E-state index >= 15 is 0 Å². The third-order valence-electron chi connectivity index (χ3n) is 6.44. The minimum atomic E-state index is -0.181. The van der Waals surface area contributed by atoms with Crippen LogP contribution in [0.4, 0.5) is 0 Å². The van der Waals surface area contributed by atoms with Gasteiger partial charge in [-0.1, -0.05) is 6.92 Å². The number of fused-ring (bicyclic) bond motifs is 1. The maximum Gasteiger partial charge on any atom is 0.309 e. The number of esters is 1. The Morgan fingerprint density at radius 1 is 1.24 bits per heavy atom. The average molecular weight is 463 g/mol. The number of carbonyl (C=O) groups is 3. The molecule has 184 valence electrons. The molecule has 1 atom stereocenters. The van der Waals surface area contributed by atoms with Crippen LogP contribution in [0.1, 0.15) is 68.2 Å². The van der Waals surface area contributed by atoms with Gasteiger partial charge in [0.1, 0.15) is 5.69 Å². The molecule has 0 aromatic carbocycles. The lowest BCUT2D eigenvalue weighted by Crippen LogP contribution is -2.39. The zero-order chi connectivity index (χ0) is 23.8. The van der Waals surface area contributed by atoms with Gasteiger partial charge in [-0.25, -0.2) is 0 Å². The monoisotopic (exact) mass is 462 g/mol. The van der Waals surface area contributed by atoms with Gasteiger partial charge in [0.05, 0.1) is 18.2 Å². The first kappa shape index (κ1) is 25.2. The van der Waals surface area contributed by atoms with Crippen LogP contribution in [0.2, 0.25) is 0 Å². The summed E-state index contributed by atoms with van der Waals surface area (Å²) in [7, 11) is 0. The summed E-state index contributed by atoms with van der Waals surface area (Å²) >= 11 is 0. The molecule has 1 aromatic rings. The SMILES string of the molecule is CCn1nc(C[C@@H](C)COC(=O)C2CCN(C(C)=O)CC2)c2c1C(=O)NCCCOCCC2. The van der Waals surface area contributed by atoms with Gasteiger partial charge in [-0.2, -0.15) is 5.10 Å². The van der Waals surface area contributed by atoms with Crippen molar-refractivity contribution >= 4 is 17.8 Å². The Bertz CT molecular complexity index is 829. The summed E-state index contributed by atoms with van der Waals surface area (Å²) in [6, 6.07) is 0. The molecule has 3 heterocycles. The molecule has 3 rings (SSSR count). The van der Waals surface area contributed by atoms with Crippen molar-refractivity contribution in [2.24, 2.45) is 11.8 Å². The van der Waals surface area contributed by atoms with Crippen LogP contribution >= 0.6 is 0 Å². The van der Waals surface area contributed by atoms with Gasteiger partial charge in [0, 0.05) is 51.9 Å². The number of hydrogen-bond donors (Lipinski definition) is 1. The summed E-state index contributed by atoms with van der Waals surface area (Å²) in [5.74, 6) is -0.275. The molecule has 1 aromatic heterocycles. The number of ether oxygens (including phenoxy) is 2. The Balaban J connectivity index is 1.61. The fourth-order valence-corrected chi connectivity index (χ4v) is 4.53. The van der Waals surface area contributed by atoms with E-state index in [-0.39, 0.29) is 29.6 Å². The molecule has 1 fully saturated rings. The molecule has 33 heavy (non-hydrogen) atoms. The number of piperidine rings is 1. The number of aryl methyl sites for hydroxylation is 1. The molecular weight excluding hydrogens is 424 g/mol. The summed E-state index contributed by atoms with van der Waals surface area (Å²) in [4.78, 5) is 38.6. The van der Waals surface area contributed by atoms with Crippen LogP contribution in [0.5, 0.6) is 0 Å². The van der Waals surface area contributed by atoms with Crippen molar-refractivity contribution in [3.05, 3.63) is 17.0 Å². The number of aromatic nitrogens is 2. The van der Waals surface area contributed by atoms with Gasteiger partial charge >= 0.3 is 5.97 Å². The molecule has 0 spiro atoms. The molecule has 9 heteroatoms. The van der Waals surface area contributed by atoms with E-state index < -0.39 is 0 Å². The largest absolute Gasteiger partial charge is 0.465 e. The van der Waals surface area contributed by atoms with Crippen molar-refractivity contribution in [3.8, 4) is 0 Å². The molecule has 2 amide bonds. The van der Waals surface area contributed by atoms with E-state index in [0.29, 0.717) is 71.0 Å². The first-order chi connectivity index (χ1) is 15.9. The highest BCUT2D eigenvalue weighted by molar-refractivity contribution is 5.94. The summed E-state index contributed by atoms with van der Waals surface area (Å²) in [6.45, 7) is 9.64. The normalized spacial score (nSPS) is 19.2. The van der Waals surface area contributed by atoms with Crippen molar-refractivity contribution < 1.29 is 23.9 Å². The molecule has 9 nitrogen and oxygen atoms in total. The lowest BCUT2D eigenvalue weighted by molar-refractivity contribution is -0.152. The number of amides is 2. The minimum absolute atomic E-state index is 0.0546. The number of carbonyl (C=O) groups excluding carboxylic acids is 3. The lowest BCUT2D eigenvalue weighted by atomic mass is 9.96. The van der Waals surface area contributed by atoms with Crippen molar-refractivity contribution in [3.63, 3.8) is 0 Å². The lowest BCUT2D eigenvalue weighted by Gasteiger charge is -2.30. The van der Waals surface area contributed by atoms with E-state index in [1.165, 1.54) is 0 Å². The second-order valence-corrected chi connectivity index (χ2v) is 9.13. The molecule has 0 saturated carbocycles. The van der Waals surface area contributed by atoms with Crippen LogP contribution < -0.4 is 5.32 Å². The van der Waals surface area contributed by atoms with Crippen LogP contribution in [-0.4, -0.2) is 71.9 Å². The number of likely N-dealkylation sites (tertiary alicyclic amines) is 1. The Hall–Kier alpha value is -2.42. The second kappa shape index (κ2) is 12.2. The van der Waals surface area contributed by atoms with Crippen LogP contribution in [0, 0.1) is 11.8 Å². The van der Waals surface area contributed by atoms with Crippen molar-refractivity contribution in [1.82, 2.24) is 20.0 Å². The van der Waals surface area contributed by atoms with E-state index in [9.17, 15) is 14.4 Å². The van der Waals surface area contributed by atoms with E-state index in [0.717, 1.165) is 30.5 Å². The molecule has 2 aliphatic heterocycles. The molecule has 0 aliphatic carbocycles. The van der Waals surface area contributed by atoms with Crippen LogP contribution in [0.15, 0.2) is 0 Å². The zero-order valence-corrected chi connectivity index (χ0v) is 20.2. The number of rotatable bonds is 6. The summed E-state index contributed by atoms with van der Waals surface area (Å²) in [6.07, 6.45) is 4.31. The van der Waals surface area contributed by atoms with Crippen LogP contribution in [-0.2, 0) is 38.4 Å². The van der Waals surface area contributed by atoms with E-state index in [1.807, 2.05) is 13.8 Å². The predicted molar refractivity (Wildman–Crippen MR) is 123 cm³/mol. The van der Waals surface area contributed by atoms with Gasteiger partial charge in [-0.05, 0) is 51.4 Å². The first-order valence-electron chi connectivity index (χ1n) is 12.3. The standard InChI is InChI=1S/C24H38N4O5/c1-4-28-22-20(7-5-13-32-14-6-10-25-23(22)30)21(26-28)15-17(2)16-33-24(31)19-8-11-27(12-9-19)18(3)29/h17,19H,4-16H2,1-3H3,(H,25,30)/t17-/m1/s1. The van der Waals surface area contributed by atoms with Crippen molar-refractivity contribution in [2.45, 2.75) is 65.8 Å². The molecule has 2 aliphatic rings. The smallest absolute Gasteiger partial charge is 0.309 e. The molecule has 1 saturated heterocycles. The highest BCUT2D eigenvalue weighted by Gasteiger charge is 2.28. The van der Waals surface area contributed by atoms with Gasteiger partial charge < -0.3 is 19.7 Å². The fourth-order valence-electron chi connectivity index (χ4n) is 4.53. The number of hydrogen-bond acceptors (Lipinski definition) is 6. The average Bonchev–Trinajstić information content (AvgIpc) is 3.14. The molecule has 0 unspecified atom stereocenters. The van der Waals surface area contributed by atoms with Crippen LogP contribution in [0.3, 0.4) is 0 Å². The third kappa shape index (κ3) is 6.79. The predicted octanol–water partition coefficient (Wildman–Crippen LogP) is 1.97. The van der Waals surface area contributed by atoms with E-state index in [1.54, 1.807) is 16.5 Å². The zero-order valence-electron chi connectivity index (χ0n) is 20.2. The van der Waals surface area contributed by atoms with Gasteiger partial charge in [0.25, 0.3) is 5.91 Å². The van der Waals surface area contributed by atoms with Gasteiger partial charge in [0.15, 0.2) is 0 Å². The Labute approximate surface area is 196 Å². The van der Waals surface area contributed by atoms with Gasteiger partial charge in [-0.3, -0.25) is 19.1 Å². The van der Waals surface area contributed by atoms with Gasteiger partial charge in [-0.15, -0.1) is 0 Å². The minimum Gasteiger partial charge on any atom is -0.465 e. The Morgan fingerprint density at radius 3 is 2.67 bits per heavy atom. The van der Waals surface area contributed by atoms with E-state index in [4.69, 9.17) is 14.6 Å². The maximum atomic E-state index is 12.9. The van der Waals surface area contributed by atoms with E-state index in [2.05, 4.69) is 5.32 Å². The quantitative estimate of drug-likeness (QED) is 0.649. The Morgan fingerprint density at radius 2 is 1.97 bits per heavy atom. The topological polar surface area (TPSA) is 103 Å². The molecule has 1 N–H and O–H groups in total. The van der Waals surface area contributed by atoms with Gasteiger partial charge in [0.2, 0.25) is 5.91 Å². The van der Waals surface area contributed by atoms with Crippen LogP contribution in [0.25, 0.3) is 0 Å². The highest BCUT2D eigenvalue weighted by Crippen LogP contribution is 2.22. The third-order valence-corrected chi connectivity index (χ3v) is 6.44. The Kier molecular flexibility index (Phi) is 9.29. The first-order valence-corrected chi connectivity index (χ1v) is 12.3. The summed E-state index contributed by atoms with van der Waals surface area (Å²) in [5.41, 5.74) is 2.53. The maximum absolute atomic E-state index is 12.9. The van der Waals surface area contributed by atoms with Crippen molar-refractivity contribution in [2.75, 3.05) is 39.5 Å². The number of nitrogens with zero attached hydrogens (tertiary/aromatic N) is 3. The second-order valence-electron chi connectivity index (χ2n) is 9.13. The summed E-state index contributed by atoms with van der Waals surface area (Å²) < 4.78 is 13.1. The van der Waals surface area contributed by atoms with Crippen molar-refractivity contribution in [1.29, 1.82) is 0 Å². The highest BCUT2D eigenvalue weighted by atomic mass is 16.5. The molecular formula is C24H38N4O5. The molecule has 0 bridgehead atoms. The summed E-state index contributed by atoms with van der Waals surface area (Å²) in [5, 5.41) is 7.74. The number of nitrogens with one attached hydrogen (secondary N) is 1.